The molecule has 2 heterocycles. The summed E-state index contributed by atoms with van der Waals surface area (Å²) >= 11 is 6.04. The molecule has 1 amide bonds. The topological polar surface area (TPSA) is 81.2 Å². The van der Waals surface area contributed by atoms with Gasteiger partial charge in [-0.05, 0) is 23.8 Å². The molecule has 0 spiro atoms. The summed E-state index contributed by atoms with van der Waals surface area (Å²) in [5, 5.41) is 7.26. The number of carbonyl (C=O) groups is 1. The third-order valence-electron chi connectivity index (χ3n) is 3.21. The molecule has 0 unspecified atom stereocenters. The zero-order valence-corrected chi connectivity index (χ0v) is 12.9. The minimum Gasteiger partial charge on any atom is -0.461 e. The summed E-state index contributed by atoms with van der Waals surface area (Å²) in [4.78, 5) is 16.1. The van der Waals surface area contributed by atoms with E-state index in [-0.39, 0.29) is 12.3 Å². The van der Waals surface area contributed by atoms with Crippen LogP contribution < -0.4 is 5.32 Å². The quantitative estimate of drug-likeness (QED) is 0.750. The summed E-state index contributed by atoms with van der Waals surface area (Å²) in [6.07, 6.45) is 2.15. The maximum Gasteiger partial charge on any atom is 0.238 e. The highest BCUT2D eigenvalue weighted by Gasteiger charge is 2.12. The molecule has 0 aliphatic carbocycles. The summed E-state index contributed by atoms with van der Waals surface area (Å²) in [6, 6.07) is 10.9. The molecule has 0 radical (unpaired) electrons. The Hall–Kier alpha value is -2.60. The minimum atomic E-state index is -0.109. The monoisotopic (exact) mass is 331 g/mol. The molecule has 0 aliphatic rings. The molecule has 0 fully saturated rings. The van der Waals surface area contributed by atoms with Gasteiger partial charge in [-0.3, -0.25) is 4.79 Å². The van der Waals surface area contributed by atoms with E-state index in [2.05, 4.69) is 15.5 Å². The molecule has 23 heavy (non-hydrogen) atoms. The van der Waals surface area contributed by atoms with Gasteiger partial charge >= 0.3 is 0 Å². The van der Waals surface area contributed by atoms with Crippen molar-refractivity contribution in [3.05, 3.63) is 59.1 Å². The van der Waals surface area contributed by atoms with Crippen molar-refractivity contribution in [3.8, 4) is 11.6 Å². The second-order valence-electron chi connectivity index (χ2n) is 4.86. The summed E-state index contributed by atoms with van der Waals surface area (Å²) in [5.74, 6) is 1.19. The molecular weight excluding hydrogens is 318 g/mol. The van der Waals surface area contributed by atoms with Crippen LogP contribution in [0.5, 0.6) is 0 Å². The van der Waals surface area contributed by atoms with Crippen LogP contribution in [0.3, 0.4) is 0 Å². The van der Waals surface area contributed by atoms with E-state index in [0.29, 0.717) is 35.5 Å². The van der Waals surface area contributed by atoms with Crippen LogP contribution in [0.2, 0.25) is 5.02 Å². The number of nitrogens with one attached hydrogen (secondary N) is 1. The number of amides is 1. The number of rotatable bonds is 6. The number of furan rings is 1. The first-order chi connectivity index (χ1) is 11.2. The van der Waals surface area contributed by atoms with Crippen LogP contribution in [0.1, 0.15) is 17.9 Å². The Kier molecular flexibility index (Phi) is 4.73. The summed E-state index contributed by atoms with van der Waals surface area (Å²) in [6.45, 7) is 0.389. The first-order valence-corrected chi connectivity index (χ1v) is 7.47. The molecule has 3 aromatic rings. The van der Waals surface area contributed by atoms with Crippen LogP contribution in [0.15, 0.2) is 51.6 Å². The van der Waals surface area contributed by atoms with Gasteiger partial charge in [0.15, 0.2) is 5.76 Å². The third-order valence-corrected chi connectivity index (χ3v) is 3.58. The normalized spacial score (nSPS) is 10.7. The van der Waals surface area contributed by atoms with Gasteiger partial charge in [0.1, 0.15) is 0 Å². The van der Waals surface area contributed by atoms with Crippen LogP contribution in [-0.4, -0.2) is 16.0 Å². The first-order valence-electron chi connectivity index (χ1n) is 7.09. The average molecular weight is 332 g/mol. The van der Waals surface area contributed by atoms with Gasteiger partial charge < -0.3 is 14.3 Å². The fourth-order valence-electron chi connectivity index (χ4n) is 2.01. The Morgan fingerprint density at radius 1 is 1.22 bits per heavy atom. The van der Waals surface area contributed by atoms with Crippen LogP contribution >= 0.6 is 11.6 Å². The molecule has 0 atom stereocenters. The second kappa shape index (κ2) is 7.11. The lowest BCUT2D eigenvalue weighted by Crippen LogP contribution is -2.23. The standard InChI is InChI=1S/C16H14ClN3O3/c17-12-5-2-1-4-11(12)10-18-14(21)7-8-15-19-16(20-23-15)13-6-3-9-22-13/h1-6,9H,7-8,10H2,(H,18,21). The predicted molar refractivity (Wildman–Crippen MR) is 83.6 cm³/mol. The van der Waals surface area contributed by atoms with Crippen molar-refractivity contribution < 1.29 is 13.7 Å². The van der Waals surface area contributed by atoms with Gasteiger partial charge in [0.25, 0.3) is 0 Å². The Morgan fingerprint density at radius 3 is 2.87 bits per heavy atom. The number of aryl methyl sites for hydroxylation is 1. The number of carbonyl (C=O) groups excluding carboxylic acids is 1. The molecule has 118 valence electrons. The van der Waals surface area contributed by atoms with E-state index in [1.54, 1.807) is 18.2 Å². The van der Waals surface area contributed by atoms with Crippen LogP contribution in [0.4, 0.5) is 0 Å². The zero-order chi connectivity index (χ0) is 16.1. The van der Waals surface area contributed by atoms with E-state index < -0.39 is 0 Å². The van der Waals surface area contributed by atoms with Crippen LogP contribution in [-0.2, 0) is 17.8 Å². The lowest BCUT2D eigenvalue weighted by Gasteiger charge is -2.05. The molecule has 2 aromatic heterocycles. The highest BCUT2D eigenvalue weighted by Crippen LogP contribution is 2.16. The van der Waals surface area contributed by atoms with Crippen molar-refractivity contribution in [1.29, 1.82) is 0 Å². The van der Waals surface area contributed by atoms with E-state index in [9.17, 15) is 4.79 Å². The van der Waals surface area contributed by atoms with Gasteiger partial charge in [-0.15, -0.1) is 0 Å². The van der Waals surface area contributed by atoms with Crippen molar-refractivity contribution in [3.63, 3.8) is 0 Å². The lowest BCUT2D eigenvalue weighted by molar-refractivity contribution is -0.121. The Morgan fingerprint density at radius 2 is 2.09 bits per heavy atom. The number of benzene rings is 1. The highest BCUT2D eigenvalue weighted by molar-refractivity contribution is 6.31. The zero-order valence-electron chi connectivity index (χ0n) is 12.2. The van der Waals surface area contributed by atoms with Crippen LogP contribution in [0, 0.1) is 0 Å². The molecule has 3 rings (SSSR count). The number of halogens is 1. The molecule has 0 saturated heterocycles. The second-order valence-corrected chi connectivity index (χ2v) is 5.26. The molecule has 0 saturated carbocycles. The molecule has 0 aliphatic heterocycles. The fourth-order valence-corrected chi connectivity index (χ4v) is 2.21. The van der Waals surface area contributed by atoms with E-state index in [4.69, 9.17) is 20.5 Å². The van der Waals surface area contributed by atoms with Crippen molar-refractivity contribution in [2.24, 2.45) is 0 Å². The van der Waals surface area contributed by atoms with Gasteiger partial charge in [-0.25, -0.2) is 0 Å². The number of nitrogens with zero attached hydrogens (tertiary/aromatic N) is 2. The maximum atomic E-state index is 11.9. The Labute approximate surface area is 137 Å². The summed E-state index contributed by atoms with van der Waals surface area (Å²) in [5.41, 5.74) is 0.875. The summed E-state index contributed by atoms with van der Waals surface area (Å²) < 4.78 is 10.3. The van der Waals surface area contributed by atoms with Gasteiger partial charge in [0, 0.05) is 24.4 Å². The average Bonchev–Trinajstić information content (AvgIpc) is 3.23. The van der Waals surface area contributed by atoms with Crippen molar-refractivity contribution >= 4 is 17.5 Å². The van der Waals surface area contributed by atoms with E-state index in [0.717, 1.165) is 5.56 Å². The molecule has 7 heteroatoms. The van der Waals surface area contributed by atoms with Crippen molar-refractivity contribution in [2.45, 2.75) is 19.4 Å². The molecule has 1 aromatic carbocycles. The lowest BCUT2D eigenvalue weighted by atomic mass is 10.2. The maximum absolute atomic E-state index is 11.9. The molecule has 6 nitrogen and oxygen atoms in total. The summed E-state index contributed by atoms with van der Waals surface area (Å²) in [7, 11) is 0. The highest BCUT2D eigenvalue weighted by atomic mass is 35.5. The van der Waals surface area contributed by atoms with E-state index in [1.165, 1.54) is 6.26 Å². The Balaban J connectivity index is 1.49. The van der Waals surface area contributed by atoms with E-state index in [1.807, 2.05) is 18.2 Å². The Bertz CT molecular complexity index is 783. The van der Waals surface area contributed by atoms with E-state index >= 15 is 0 Å². The minimum absolute atomic E-state index is 0.109. The number of aromatic nitrogens is 2. The third kappa shape index (κ3) is 3.98. The predicted octanol–water partition coefficient (Wildman–Crippen LogP) is 3.23. The van der Waals surface area contributed by atoms with Crippen LogP contribution in [0.25, 0.3) is 11.6 Å². The van der Waals surface area contributed by atoms with Gasteiger partial charge in [-0.2, -0.15) is 4.98 Å². The van der Waals surface area contributed by atoms with Crippen molar-refractivity contribution in [1.82, 2.24) is 15.5 Å². The fraction of sp³-hybridized carbons (Fsp3) is 0.188. The molecule has 1 N–H and O–H groups in total. The van der Waals surface area contributed by atoms with Crippen molar-refractivity contribution in [2.75, 3.05) is 0 Å². The molecule has 0 bridgehead atoms. The van der Waals surface area contributed by atoms with Gasteiger partial charge in [0.05, 0.1) is 6.26 Å². The number of hydrogen-bond acceptors (Lipinski definition) is 5. The number of hydrogen-bond donors (Lipinski definition) is 1. The first kappa shape index (κ1) is 15.3. The molecular formula is C16H14ClN3O3. The van der Waals surface area contributed by atoms with Gasteiger partial charge in [0.2, 0.25) is 17.6 Å². The van der Waals surface area contributed by atoms with Gasteiger partial charge in [-0.1, -0.05) is 35.0 Å². The SMILES string of the molecule is O=C(CCc1nc(-c2ccco2)no1)NCc1ccccc1Cl. The largest absolute Gasteiger partial charge is 0.461 e. The smallest absolute Gasteiger partial charge is 0.238 e.